The highest BCUT2D eigenvalue weighted by Crippen LogP contribution is 2.19. The zero-order chi connectivity index (χ0) is 33.6. The average Bonchev–Trinajstić information content (AvgIpc) is 3.04. The lowest BCUT2D eigenvalue weighted by atomic mass is 10.0. The van der Waals surface area contributed by atoms with Crippen LogP contribution in [0.5, 0.6) is 0 Å². The third-order valence-corrected chi connectivity index (χ3v) is 9.39. The molecule has 0 rings (SSSR count). The third-order valence-electron chi connectivity index (χ3n) is 9.39. The van der Waals surface area contributed by atoms with E-state index in [1.165, 1.54) is 173 Å². The van der Waals surface area contributed by atoms with Crippen molar-refractivity contribution in [3.05, 3.63) is 24.3 Å². The fourth-order valence-electron chi connectivity index (χ4n) is 6.33. The molecule has 0 aliphatic carbocycles. The molecule has 3 nitrogen and oxygen atoms in total. The topological polar surface area (TPSA) is 29.5 Å². The second kappa shape index (κ2) is 38.4. The van der Waals surface area contributed by atoms with Crippen molar-refractivity contribution in [2.24, 2.45) is 0 Å². The van der Waals surface area contributed by atoms with Gasteiger partial charge in [-0.2, -0.15) is 0 Å². The smallest absolute Gasteiger partial charge is 0.306 e. The second-order valence-corrected chi connectivity index (χ2v) is 14.5. The van der Waals surface area contributed by atoms with Crippen LogP contribution in [0.4, 0.5) is 0 Å². The lowest BCUT2D eigenvalue weighted by Crippen LogP contribution is -2.20. The van der Waals surface area contributed by atoms with E-state index >= 15 is 0 Å². The van der Waals surface area contributed by atoms with Crippen LogP contribution in [0.3, 0.4) is 0 Å². The highest BCUT2D eigenvalue weighted by atomic mass is 16.5. The van der Waals surface area contributed by atoms with E-state index in [1.807, 2.05) is 0 Å². The molecule has 0 radical (unpaired) electrons. The lowest BCUT2D eigenvalue weighted by molar-refractivity contribution is -0.150. The minimum atomic E-state index is 0.0170. The molecule has 0 amide bonds. The molecule has 0 fully saturated rings. The largest absolute Gasteiger partial charge is 0.462 e. The van der Waals surface area contributed by atoms with Crippen molar-refractivity contribution in [3.63, 3.8) is 0 Å². The fourth-order valence-corrected chi connectivity index (χ4v) is 6.33. The predicted octanol–water partition coefficient (Wildman–Crippen LogP) is 14.1. The SMILES string of the molecule is CCCCC/C=C\C/C=C\CCCCCCCCC(CCCCCCCCCCCCCCCCCC)OC(=O)CCCN(C)C. The number of carbonyl (C=O) groups is 1. The zero-order valence-electron chi connectivity index (χ0n) is 32.0. The van der Waals surface area contributed by atoms with Gasteiger partial charge in [0.15, 0.2) is 0 Å². The standard InChI is InChI=1S/C43H83NO2/c1-5-7-9-11-13-15-17-19-21-23-25-27-29-31-33-35-38-42(46-43(45)40-37-41-44(3)4)39-36-34-32-30-28-26-24-22-20-18-16-14-12-10-8-6-2/h13,15,19,21,42H,5-12,14,16-18,20,22-41H2,1-4H3/b15-13-,21-19-. The van der Waals surface area contributed by atoms with Gasteiger partial charge in [-0.15, -0.1) is 0 Å². The van der Waals surface area contributed by atoms with Crippen LogP contribution in [0.2, 0.25) is 0 Å². The van der Waals surface area contributed by atoms with Crippen molar-refractivity contribution in [2.45, 2.75) is 225 Å². The summed E-state index contributed by atoms with van der Waals surface area (Å²) in [6.07, 6.45) is 50.7. The van der Waals surface area contributed by atoms with Gasteiger partial charge < -0.3 is 9.64 Å². The number of ether oxygens (including phenoxy) is 1. The van der Waals surface area contributed by atoms with Crippen molar-refractivity contribution in [3.8, 4) is 0 Å². The summed E-state index contributed by atoms with van der Waals surface area (Å²) in [5.74, 6) is 0.0170. The van der Waals surface area contributed by atoms with Crippen LogP contribution >= 0.6 is 0 Å². The van der Waals surface area contributed by atoms with Gasteiger partial charge in [0.1, 0.15) is 6.10 Å². The van der Waals surface area contributed by atoms with Crippen LogP contribution in [0.25, 0.3) is 0 Å². The number of carbonyl (C=O) groups excluding carboxylic acids is 1. The molecule has 0 bridgehead atoms. The monoisotopic (exact) mass is 646 g/mol. The van der Waals surface area contributed by atoms with Gasteiger partial charge in [0.25, 0.3) is 0 Å². The maximum Gasteiger partial charge on any atom is 0.306 e. The summed E-state index contributed by atoms with van der Waals surface area (Å²) in [6, 6.07) is 0. The number of unbranched alkanes of at least 4 members (excludes halogenated alkanes) is 24. The molecule has 0 heterocycles. The normalized spacial score (nSPS) is 12.6. The van der Waals surface area contributed by atoms with E-state index in [0.717, 1.165) is 32.2 Å². The Morgan fingerprint density at radius 1 is 0.500 bits per heavy atom. The Bertz CT molecular complexity index is 655. The van der Waals surface area contributed by atoms with Gasteiger partial charge in [0.05, 0.1) is 0 Å². The Labute approximate surface area is 290 Å². The van der Waals surface area contributed by atoms with E-state index in [0.29, 0.717) is 6.42 Å². The van der Waals surface area contributed by atoms with Gasteiger partial charge in [0.2, 0.25) is 0 Å². The van der Waals surface area contributed by atoms with Gasteiger partial charge in [-0.1, -0.05) is 173 Å². The first-order valence-electron chi connectivity index (χ1n) is 20.7. The first-order chi connectivity index (χ1) is 22.6. The first-order valence-corrected chi connectivity index (χ1v) is 20.7. The number of hydrogen-bond acceptors (Lipinski definition) is 3. The van der Waals surface area contributed by atoms with Crippen molar-refractivity contribution < 1.29 is 9.53 Å². The quantitative estimate of drug-likeness (QED) is 0.0382. The molecular formula is C43H83NO2. The first kappa shape index (κ1) is 44.9. The molecule has 0 spiro atoms. The van der Waals surface area contributed by atoms with Crippen molar-refractivity contribution in [1.29, 1.82) is 0 Å². The molecule has 0 aromatic carbocycles. The van der Waals surface area contributed by atoms with Crippen LogP contribution < -0.4 is 0 Å². The maximum atomic E-state index is 12.5. The Balaban J connectivity index is 3.93. The Hall–Kier alpha value is -1.09. The van der Waals surface area contributed by atoms with Crippen molar-refractivity contribution in [1.82, 2.24) is 4.90 Å². The Morgan fingerprint density at radius 2 is 0.870 bits per heavy atom. The van der Waals surface area contributed by atoms with E-state index in [2.05, 4.69) is 57.1 Å². The third kappa shape index (κ3) is 37.4. The van der Waals surface area contributed by atoms with Crippen molar-refractivity contribution >= 4 is 5.97 Å². The molecule has 1 unspecified atom stereocenters. The highest BCUT2D eigenvalue weighted by Gasteiger charge is 2.14. The molecule has 0 saturated carbocycles. The molecule has 0 aromatic rings. The summed E-state index contributed by atoms with van der Waals surface area (Å²) >= 11 is 0. The summed E-state index contributed by atoms with van der Waals surface area (Å²) in [5.41, 5.74) is 0. The van der Waals surface area contributed by atoms with Crippen LogP contribution in [-0.4, -0.2) is 37.6 Å². The fraction of sp³-hybridized carbons (Fsp3) is 0.884. The van der Waals surface area contributed by atoms with E-state index in [-0.39, 0.29) is 12.1 Å². The van der Waals surface area contributed by atoms with Crippen LogP contribution in [-0.2, 0) is 9.53 Å². The van der Waals surface area contributed by atoms with Gasteiger partial charge in [-0.3, -0.25) is 4.79 Å². The van der Waals surface area contributed by atoms with Crippen LogP contribution in [0, 0.1) is 0 Å². The summed E-state index contributed by atoms with van der Waals surface area (Å²) in [4.78, 5) is 14.7. The summed E-state index contributed by atoms with van der Waals surface area (Å²) in [5, 5.41) is 0. The molecule has 272 valence electrons. The molecular weight excluding hydrogens is 562 g/mol. The van der Waals surface area contributed by atoms with Gasteiger partial charge >= 0.3 is 5.97 Å². The molecule has 0 N–H and O–H groups in total. The summed E-state index contributed by atoms with van der Waals surface area (Å²) in [6.45, 7) is 5.51. The molecule has 46 heavy (non-hydrogen) atoms. The molecule has 0 saturated heterocycles. The summed E-state index contributed by atoms with van der Waals surface area (Å²) in [7, 11) is 4.13. The molecule has 0 aliphatic rings. The maximum absolute atomic E-state index is 12.5. The Morgan fingerprint density at radius 3 is 1.30 bits per heavy atom. The molecule has 3 heteroatoms. The van der Waals surface area contributed by atoms with Gasteiger partial charge in [-0.05, 0) is 84.8 Å². The highest BCUT2D eigenvalue weighted by molar-refractivity contribution is 5.69. The second-order valence-electron chi connectivity index (χ2n) is 14.5. The van der Waals surface area contributed by atoms with Gasteiger partial charge in [0, 0.05) is 6.42 Å². The Kier molecular flexibility index (Phi) is 37.4. The molecule has 1 atom stereocenters. The van der Waals surface area contributed by atoms with E-state index < -0.39 is 0 Å². The number of esters is 1. The van der Waals surface area contributed by atoms with Crippen LogP contribution in [0.15, 0.2) is 24.3 Å². The van der Waals surface area contributed by atoms with E-state index in [9.17, 15) is 4.79 Å². The van der Waals surface area contributed by atoms with Gasteiger partial charge in [-0.25, -0.2) is 0 Å². The number of rotatable bonds is 37. The number of allylic oxidation sites excluding steroid dienone is 4. The summed E-state index contributed by atoms with van der Waals surface area (Å²) < 4.78 is 6.01. The van der Waals surface area contributed by atoms with E-state index in [4.69, 9.17) is 4.74 Å². The number of hydrogen-bond donors (Lipinski definition) is 0. The van der Waals surface area contributed by atoms with Crippen LogP contribution in [0.1, 0.15) is 219 Å². The number of nitrogens with zero attached hydrogens (tertiary/aromatic N) is 1. The average molecular weight is 646 g/mol. The lowest BCUT2D eigenvalue weighted by Gasteiger charge is -2.18. The van der Waals surface area contributed by atoms with E-state index in [1.54, 1.807) is 0 Å². The molecule has 0 aliphatic heterocycles. The van der Waals surface area contributed by atoms with Crippen molar-refractivity contribution in [2.75, 3.05) is 20.6 Å². The zero-order valence-corrected chi connectivity index (χ0v) is 32.0. The predicted molar refractivity (Wildman–Crippen MR) is 206 cm³/mol. The minimum absolute atomic E-state index is 0.0170. The minimum Gasteiger partial charge on any atom is -0.462 e. The molecule has 0 aromatic heterocycles.